The van der Waals surface area contributed by atoms with Gasteiger partial charge in [-0.2, -0.15) is 0 Å². The Morgan fingerprint density at radius 1 is 1.54 bits per heavy atom. The maximum absolute atomic E-state index is 4.43. The molecule has 2 aromatic heterocycles. The summed E-state index contributed by atoms with van der Waals surface area (Å²) in [7, 11) is 0. The molecule has 2 heterocycles. The summed E-state index contributed by atoms with van der Waals surface area (Å²) in [4.78, 5) is 8.66. The lowest BCUT2D eigenvalue weighted by Crippen LogP contribution is -1.89. The topological polar surface area (TPSA) is 30.7 Å². The first-order valence-electron chi connectivity index (χ1n) is 3.92. The van der Waals surface area contributed by atoms with Crippen LogP contribution in [-0.2, 0) is 6.42 Å². The van der Waals surface area contributed by atoms with Gasteiger partial charge in [0.1, 0.15) is 11.3 Å². The van der Waals surface area contributed by atoms with Crippen molar-refractivity contribution in [3.8, 4) is 0 Å². The van der Waals surface area contributed by atoms with Crippen LogP contribution in [0.15, 0.2) is 12.3 Å². The van der Waals surface area contributed by atoms with E-state index in [2.05, 4.69) is 65.1 Å². The highest BCUT2D eigenvalue weighted by atomic mass is 127. The summed E-state index contributed by atoms with van der Waals surface area (Å²) in [5, 5.41) is 0. The molecule has 0 radical (unpaired) electrons. The molecule has 0 aliphatic carbocycles. The second-order valence-corrected chi connectivity index (χ2v) is 4.75. The SMILES string of the molecule is CCc1nc2nccc(I)c2n1I. The van der Waals surface area contributed by atoms with Crippen LogP contribution in [0.1, 0.15) is 12.7 Å². The fourth-order valence-electron chi connectivity index (χ4n) is 1.20. The maximum Gasteiger partial charge on any atom is 0.179 e. The first kappa shape index (κ1) is 9.63. The van der Waals surface area contributed by atoms with Crippen molar-refractivity contribution in [3.05, 3.63) is 21.7 Å². The minimum absolute atomic E-state index is 0.846. The molecule has 0 unspecified atom stereocenters. The molecule has 0 N–H and O–H groups in total. The molecule has 0 atom stereocenters. The van der Waals surface area contributed by atoms with E-state index in [0.717, 1.165) is 23.4 Å². The number of imidazole rings is 1. The Labute approximate surface area is 104 Å². The Balaban J connectivity index is 2.85. The summed E-state index contributed by atoms with van der Waals surface area (Å²) in [6.07, 6.45) is 2.74. The second kappa shape index (κ2) is 3.68. The van der Waals surface area contributed by atoms with E-state index in [9.17, 15) is 0 Å². The van der Waals surface area contributed by atoms with Crippen molar-refractivity contribution >= 4 is 56.6 Å². The molecular weight excluding hydrogens is 392 g/mol. The van der Waals surface area contributed by atoms with E-state index in [0.29, 0.717) is 0 Å². The number of rotatable bonds is 1. The van der Waals surface area contributed by atoms with Crippen molar-refractivity contribution in [1.82, 2.24) is 12.7 Å². The Bertz CT molecular complexity index is 450. The Kier molecular flexibility index (Phi) is 2.72. The highest BCUT2D eigenvalue weighted by Crippen LogP contribution is 2.22. The van der Waals surface area contributed by atoms with E-state index in [4.69, 9.17) is 0 Å². The number of aromatic nitrogens is 3. The molecule has 0 spiro atoms. The van der Waals surface area contributed by atoms with Gasteiger partial charge in [0.15, 0.2) is 5.65 Å². The van der Waals surface area contributed by atoms with E-state index in [1.54, 1.807) is 6.20 Å². The average Bonchev–Trinajstić information content (AvgIpc) is 2.44. The first-order chi connectivity index (χ1) is 6.24. The van der Waals surface area contributed by atoms with Gasteiger partial charge in [-0.05, 0) is 28.7 Å². The van der Waals surface area contributed by atoms with Crippen molar-refractivity contribution in [1.29, 1.82) is 0 Å². The molecule has 0 fully saturated rings. The summed E-state index contributed by atoms with van der Waals surface area (Å²) < 4.78 is 3.28. The standard InChI is InChI=1S/C8H7I2N3/c1-2-6-12-8-7(13(6)10)5(9)3-4-11-8/h3-4H,2H2,1H3. The van der Waals surface area contributed by atoms with Crippen molar-refractivity contribution in [2.45, 2.75) is 13.3 Å². The first-order valence-corrected chi connectivity index (χ1v) is 5.96. The van der Waals surface area contributed by atoms with E-state index < -0.39 is 0 Å². The van der Waals surface area contributed by atoms with Crippen LogP contribution in [-0.4, -0.2) is 12.7 Å². The Morgan fingerprint density at radius 2 is 2.31 bits per heavy atom. The number of hydrogen-bond acceptors (Lipinski definition) is 2. The van der Waals surface area contributed by atoms with Crippen LogP contribution in [0, 0.1) is 3.57 Å². The van der Waals surface area contributed by atoms with Gasteiger partial charge in [0.05, 0.1) is 22.9 Å². The van der Waals surface area contributed by atoms with Crippen molar-refractivity contribution < 1.29 is 0 Å². The van der Waals surface area contributed by atoms with Crippen molar-refractivity contribution in [2.75, 3.05) is 0 Å². The minimum Gasteiger partial charge on any atom is -0.265 e. The molecule has 0 saturated heterocycles. The lowest BCUT2D eigenvalue weighted by Gasteiger charge is -1.96. The normalized spacial score (nSPS) is 11.0. The summed E-state index contributed by atoms with van der Waals surface area (Å²) in [6.45, 7) is 2.10. The van der Waals surface area contributed by atoms with Crippen LogP contribution in [0.2, 0.25) is 0 Å². The van der Waals surface area contributed by atoms with E-state index in [-0.39, 0.29) is 0 Å². The predicted octanol–water partition coefficient (Wildman–Crippen LogP) is 2.80. The summed E-state index contributed by atoms with van der Waals surface area (Å²) >= 11 is 4.58. The molecule has 68 valence electrons. The molecule has 2 rings (SSSR count). The van der Waals surface area contributed by atoms with Crippen molar-refractivity contribution in [3.63, 3.8) is 0 Å². The number of hydrogen-bond donors (Lipinski definition) is 0. The van der Waals surface area contributed by atoms with Gasteiger partial charge in [0.25, 0.3) is 0 Å². The molecule has 13 heavy (non-hydrogen) atoms. The summed E-state index contributed by atoms with van der Waals surface area (Å²) in [6, 6.07) is 2.00. The number of nitrogens with zero attached hydrogens (tertiary/aromatic N) is 3. The predicted molar refractivity (Wildman–Crippen MR) is 69.0 cm³/mol. The third kappa shape index (κ3) is 1.56. The van der Waals surface area contributed by atoms with Gasteiger partial charge in [-0.3, -0.25) is 2.78 Å². The maximum atomic E-state index is 4.43. The highest BCUT2D eigenvalue weighted by Gasteiger charge is 2.10. The van der Waals surface area contributed by atoms with E-state index in [1.807, 2.05) is 6.07 Å². The fraction of sp³-hybridized carbons (Fsp3) is 0.250. The molecule has 5 heteroatoms. The Morgan fingerprint density at radius 3 is 2.92 bits per heavy atom. The van der Waals surface area contributed by atoms with Crippen LogP contribution in [0.3, 0.4) is 0 Å². The monoisotopic (exact) mass is 399 g/mol. The quantitative estimate of drug-likeness (QED) is 0.691. The molecule has 0 aliphatic heterocycles. The van der Waals surface area contributed by atoms with Crippen LogP contribution in [0.4, 0.5) is 0 Å². The number of fused-ring (bicyclic) bond motifs is 1. The second-order valence-electron chi connectivity index (χ2n) is 2.63. The lowest BCUT2D eigenvalue weighted by molar-refractivity contribution is 0.986. The summed E-state index contributed by atoms with van der Waals surface area (Å²) in [5.74, 6) is 1.08. The molecule has 0 amide bonds. The zero-order chi connectivity index (χ0) is 9.42. The number of pyridine rings is 1. The van der Waals surface area contributed by atoms with E-state index in [1.165, 1.54) is 3.57 Å². The van der Waals surface area contributed by atoms with Gasteiger partial charge in [-0.1, -0.05) is 6.92 Å². The molecule has 0 saturated carbocycles. The van der Waals surface area contributed by atoms with Crippen LogP contribution < -0.4 is 0 Å². The third-order valence-corrected chi connectivity index (χ3v) is 3.74. The summed E-state index contributed by atoms with van der Waals surface area (Å²) in [5.41, 5.74) is 1.97. The molecule has 0 aromatic carbocycles. The van der Waals surface area contributed by atoms with Crippen LogP contribution >= 0.6 is 45.5 Å². The van der Waals surface area contributed by atoms with Crippen LogP contribution in [0.25, 0.3) is 11.2 Å². The van der Waals surface area contributed by atoms with Gasteiger partial charge in [-0.15, -0.1) is 0 Å². The molecule has 2 aromatic rings. The van der Waals surface area contributed by atoms with E-state index >= 15 is 0 Å². The van der Waals surface area contributed by atoms with Crippen LogP contribution in [0.5, 0.6) is 0 Å². The zero-order valence-corrected chi connectivity index (χ0v) is 11.3. The largest absolute Gasteiger partial charge is 0.265 e. The zero-order valence-electron chi connectivity index (χ0n) is 6.96. The highest BCUT2D eigenvalue weighted by molar-refractivity contribution is 14.1. The van der Waals surface area contributed by atoms with Gasteiger partial charge in [-0.25, -0.2) is 9.97 Å². The molecular formula is C8H7I2N3. The lowest BCUT2D eigenvalue weighted by atomic mass is 10.4. The fourth-order valence-corrected chi connectivity index (χ4v) is 3.23. The Hall–Kier alpha value is 0.0800. The average molecular weight is 399 g/mol. The smallest absolute Gasteiger partial charge is 0.179 e. The molecule has 3 nitrogen and oxygen atoms in total. The minimum atomic E-state index is 0.846. The van der Waals surface area contributed by atoms with Crippen molar-refractivity contribution in [2.24, 2.45) is 0 Å². The molecule has 0 aliphatic rings. The number of aryl methyl sites for hydroxylation is 1. The van der Waals surface area contributed by atoms with Gasteiger partial charge < -0.3 is 0 Å². The third-order valence-electron chi connectivity index (χ3n) is 1.83. The van der Waals surface area contributed by atoms with Gasteiger partial charge in [0.2, 0.25) is 0 Å². The van der Waals surface area contributed by atoms with Gasteiger partial charge >= 0.3 is 0 Å². The van der Waals surface area contributed by atoms with Gasteiger partial charge in [0, 0.05) is 16.2 Å². The number of halogens is 2. The molecule has 0 bridgehead atoms.